The molecule has 6 atom stereocenters. The van der Waals surface area contributed by atoms with Crippen molar-refractivity contribution in [2.24, 2.45) is 5.92 Å². The zero-order valence-corrected chi connectivity index (χ0v) is 28.8. The lowest BCUT2D eigenvalue weighted by Gasteiger charge is -2.30. The first-order valence-electron chi connectivity index (χ1n) is 16.0. The highest BCUT2D eigenvalue weighted by atomic mass is 31.2. The number of nitrogens with zero attached hydrogens (tertiary/aromatic N) is 3. The van der Waals surface area contributed by atoms with E-state index in [-0.39, 0.29) is 42.7 Å². The van der Waals surface area contributed by atoms with Gasteiger partial charge in [-0.2, -0.15) is 23.4 Å². The number of nitrogens with two attached hydrogens (primary N) is 1. The van der Waals surface area contributed by atoms with Gasteiger partial charge >= 0.3 is 19.9 Å². The van der Waals surface area contributed by atoms with Crippen molar-refractivity contribution in [3.05, 3.63) is 54.0 Å². The number of nitrogens with one attached hydrogen (secondary N) is 1. The van der Waals surface area contributed by atoms with Crippen LogP contribution in [-0.4, -0.2) is 74.0 Å². The second kappa shape index (κ2) is 13.8. The summed E-state index contributed by atoms with van der Waals surface area (Å²) in [5.74, 6) is -1.96. The number of benzene rings is 1. The van der Waals surface area contributed by atoms with E-state index in [2.05, 4.69) is 15.2 Å². The largest absolute Gasteiger partial charge is 0.461 e. The Morgan fingerprint density at radius 3 is 2.41 bits per heavy atom. The molecule has 0 radical (unpaired) electrons. The lowest BCUT2D eigenvalue weighted by molar-refractivity contribution is -0.188. The molecule has 1 saturated heterocycles. The molecule has 1 aromatic carbocycles. The van der Waals surface area contributed by atoms with Crippen molar-refractivity contribution < 1.29 is 51.3 Å². The molecule has 3 heterocycles. The Kier molecular flexibility index (Phi) is 10.4. The molecule has 2 aliphatic rings. The van der Waals surface area contributed by atoms with Gasteiger partial charge in [-0.3, -0.25) is 9.32 Å². The van der Waals surface area contributed by atoms with Gasteiger partial charge in [-0.05, 0) is 74.8 Å². The highest BCUT2D eigenvalue weighted by molar-refractivity contribution is 7.52. The van der Waals surface area contributed by atoms with Gasteiger partial charge in [0.2, 0.25) is 0 Å². The second-order valence-electron chi connectivity index (χ2n) is 13.8. The molecule has 5 N–H and O–H groups in total. The molecule has 0 amide bonds. The van der Waals surface area contributed by atoms with Gasteiger partial charge in [0.1, 0.15) is 53.7 Å². The lowest BCUT2D eigenvalue weighted by Crippen LogP contribution is -2.40. The molecular formula is C32H43F3N5O8P. The monoisotopic (exact) mass is 713 g/mol. The number of aliphatic hydroxyl groups excluding tert-OH is 2. The summed E-state index contributed by atoms with van der Waals surface area (Å²) in [6.07, 6.45) is -8.25. The number of ether oxygens (including phenoxy) is 2. The maximum absolute atomic E-state index is 14.2. The molecule has 1 saturated carbocycles. The van der Waals surface area contributed by atoms with Crippen molar-refractivity contribution >= 4 is 25.1 Å². The van der Waals surface area contributed by atoms with Crippen molar-refractivity contribution in [2.75, 3.05) is 12.3 Å². The molecule has 49 heavy (non-hydrogen) atoms. The molecule has 17 heteroatoms. The zero-order chi connectivity index (χ0) is 35.9. The number of hydrogen-bond acceptors (Lipinski definition) is 11. The summed E-state index contributed by atoms with van der Waals surface area (Å²) in [5.41, 5.74) is 6.06. The molecule has 5 rings (SSSR count). The maximum Gasteiger partial charge on any atom is 0.459 e. The minimum absolute atomic E-state index is 0.0427. The molecule has 1 aliphatic carbocycles. The first kappa shape index (κ1) is 37.0. The number of alkyl halides is 3. The van der Waals surface area contributed by atoms with E-state index in [1.165, 1.54) is 17.8 Å². The summed E-state index contributed by atoms with van der Waals surface area (Å²) in [4.78, 5) is 17.0. The Balaban J connectivity index is 1.31. The topological polar surface area (TPSA) is 180 Å². The van der Waals surface area contributed by atoms with Crippen LogP contribution in [0.15, 0.2) is 42.7 Å². The Morgan fingerprint density at radius 1 is 1.14 bits per heavy atom. The number of fused-ring (bicyclic) bond motifs is 1. The average Bonchev–Trinajstić information content (AvgIpc) is 3.56. The number of hydrogen-bond donors (Lipinski definition) is 4. The van der Waals surface area contributed by atoms with Crippen LogP contribution in [0, 0.1) is 5.92 Å². The average molecular weight is 714 g/mol. The van der Waals surface area contributed by atoms with Crippen LogP contribution in [0.4, 0.5) is 19.0 Å². The fourth-order valence-electron chi connectivity index (χ4n) is 6.14. The van der Waals surface area contributed by atoms with Gasteiger partial charge in [0.15, 0.2) is 5.82 Å². The molecular weight excluding hydrogens is 670 g/mol. The lowest BCUT2D eigenvalue weighted by atomic mass is 9.87. The summed E-state index contributed by atoms with van der Waals surface area (Å²) >= 11 is 0. The fraction of sp³-hybridized carbons (Fsp3) is 0.594. The van der Waals surface area contributed by atoms with Crippen LogP contribution in [0.1, 0.15) is 71.6 Å². The standard InChI is InChI=1S/C32H43F3N5O8P/c1-18(29(43)46-21-10-8-20(9-11-21)32(33,34)35)39-49(44,48-22-12-6-19(7-13-22)30(2,3)4)45-16-24-26(41)27(42)31(5,47-24)25-15-14-23-28(36)37-17-38-40(23)25/h6-7,12-15,17-18,20-21,24,26-27,41-42H,8-11,16H2,1-5H3,(H,39,44)(H2,36,37,38)/t18-,20?,21?,24+,26+,27+,31-,49?/m0/s1. The number of nitrogen functional groups attached to an aromatic ring is 1. The number of carbonyl (C=O) groups is 1. The van der Waals surface area contributed by atoms with Gasteiger partial charge in [0, 0.05) is 0 Å². The molecule has 13 nitrogen and oxygen atoms in total. The SMILES string of the molecule is C[C@H](NP(=O)(OC[C@H]1O[C@@](C)(c2ccc3c(N)ncnn23)[C@H](O)[C@@H]1O)Oc1ccc(C(C)(C)C)cc1)C(=O)OC1CCC(C(F)(F)F)CC1. The third-order valence-corrected chi connectivity index (χ3v) is 10.8. The molecule has 2 fully saturated rings. The number of anilines is 1. The van der Waals surface area contributed by atoms with Gasteiger partial charge in [-0.1, -0.05) is 32.9 Å². The van der Waals surface area contributed by atoms with Crippen LogP contribution in [-0.2, 0) is 34.4 Å². The van der Waals surface area contributed by atoms with Gasteiger partial charge in [-0.25, -0.2) is 14.1 Å². The summed E-state index contributed by atoms with van der Waals surface area (Å²) < 4.78 is 78.1. The summed E-state index contributed by atoms with van der Waals surface area (Å²) in [5, 5.41) is 28.9. The van der Waals surface area contributed by atoms with Crippen molar-refractivity contribution in [1.82, 2.24) is 19.7 Å². The number of halogens is 3. The van der Waals surface area contributed by atoms with Gasteiger partial charge in [-0.15, -0.1) is 0 Å². The van der Waals surface area contributed by atoms with E-state index in [4.69, 9.17) is 24.3 Å². The second-order valence-corrected chi connectivity index (χ2v) is 15.5. The van der Waals surface area contributed by atoms with Crippen molar-refractivity contribution in [3.8, 4) is 5.75 Å². The zero-order valence-electron chi connectivity index (χ0n) is 27.9. The van der Waals surface area contributed by atoms with Crippen LogP contribution in [0.5, 0.6) is 5.75 Å². The van der Waals surface area contributed by atoms with Crippen LogP contribution >= 0.6 is 7.75 Å². The predicted molar refractivity (Wildman–Crippen MR) is 171 cm³/mol. The molecule has 0 spiro atoms. The Labute approximate surface area is 281 Å². The van der Waals surface area contributed by atoms with Crippen LogP contribution < -0.4 is 15.3 Å². The van der Waals surface area contributed by atoms with E-state index in [1.807, 2.05) is 20.8 Å². The fourth-order valence-corrected chi connectivity index (χ4v) is 7.64. The summed E-state index contributed by atoms with van der Waals surface area (Å²) in [7, 11) is -4.45. The maximum atomic E-state index is 14.2. The minimum atomic E-state index is -4.45. The summed E-state index contributed by atoms with van der Waals surface area (Å²) in [6.45, 7) is 8.42. The normalized spacial score (nSPS) is 28.2. The van der Waals surface area contributed by atoms with Crippen molar-refractivity contribution in [3.63, 3.8) is 0 Å². The highest BCUT2D eigenvalue weighted by Gasteiger charge is 2.54. The van der Waals surface area contributed by atoms with Crippen LogP contribution in [0.25, 0.3) is 5.52 Å². The smallest absolute Gasteiger partial charge is 0.459 e. The third-order valence-electron chi connectivity index (χ3n) is 9.14. The van der Waals surface area contributed by atoms with Gasteiger partial charge in [0.05, 0.1) is 18.2 Å². The molecule has 0 bridgehead atoms. The van der Waals surface area contributed by atoms with E-state index < -0.39 is 68.5 Å². The van der Waals surface area contributed by atoms with E-state index in [0.717, 1.165) is 5.56 Å². The highest BCUT2D eigenvalue weighted by Crippen LogP contribution is 2.48. The molecule has 2 aromatic heterocycles. The van der Waals surface area contributed by atoms with Crippen molar-refractivity contribution in [1.29, 1.82) is 0 Å². The van der Waals surface area contributed by atoms with Crippen LogP contribution in [0.2, 0.25) is 0 Å². The number of aromatic nitrogens is 3. The first-order chi connectivity index (χ1) is 22.8. The van der Waals surface area contributed by atoms with Gasteiger partial charge < -0.3 is 29.9 Å². The van der Waals surface area contributed by atoms with Crippen molar-refractivity contribution in [2.45, 2.75) is 108 Å². The molecule has 270 valence electrons. The van der Waals surface area contributed by atoms with Gasteiger partial charge in [0.25, 0.3) is 0 Å². The quantitative estimate of drug-likeness (QED) is 0.167. The minimum Gasteiger partial charge on any atom is -0.461 e. The first-order valence-corrected chi connectivity index (χ1v) is 17.6. The third kappa shape index (κ3) is 8.05. The molecule has 1 unspecified atom stereocenters. The van der Waals surface area contributed by atoms with Crippen LogP contribution in [0.3, 0.4) is 0 Å². The Hall–Kier alpha value is -3.27. The van der Waals surface area contributed by atoms with E-state index in [0.29, 0.717) is 11.2 Å². The molecule has 3 aromatic rings. The Bertz CT molecular complexity index is 1680. The van der Waals surface area contributed by atoms with E-state index in [1.54, 1.807) is 43.3 Å². The number of carbonyl (C=O) groups excluding carboxylic acids is 1. The van der Waals surface area contributed by atoms with E-state index >= 15 is 0 Å². The number of esters is 1. The molecule has 1 aliphatic heterocycles. The predicted octanol–water partition coefficient (Wildman–Crippen LogP) is 4.79. The number of aliphatic hydroxyl groups is 2. The Morgan fingerprint density at radius 2 is 1.80 bits per heavy atom. The number of rotatable bonds is 10. The van der Waals surface area contributed by atoms with E-state index in [9.17, 15) is 32.7 Å². The summed E-state index contributed by atoms with van der Waals surface area (Å²) in [6, 6.07) is 8.75.